The summed E-state index contributed by atoms with van der Waals surface area (Å²) < 4.78 is 5.68. The van der Waals surface area contributed by atoms with Crippen LogP contribution < -0.4 is 0 Å². The average molecular weight is 366 g/mol. The van der Waals surface area contributed by atoms with Crippen LogP contribution >= 0.6 is 0 Å². The van der Waals surface area contributed by atoms with Crippen LogP contribution in [0.3, 0.4) is 0 Å². The first-order valence-corrected chi connectivity index (χ1v) is 10.2. The molecule has 5 heteroatoms. The smallest absolute Gasteiger partial charge is 0.303 e. The molecule has 3 saturated carbocycles. The van der Waals surface area contributed by atoms with Gasteiger partial charge in [-0.15, -0.1) is 0 Å². The minimum Gasteiger partial charge on any atom is -0.481 e. The number of ether oxygens (including phenoxy) is 1. The molecule has 0 amide bonds. The van der Waals surface area contributed by atoms with Crippen LogP contribution in [-0.2, 0) is 14.3 Å². The van der Waals surface area contributed by atoms with Crippen LogP contribution in [0.1, 0.15) is 72.1 Å². The molecule has 0 saturated heterocycles. The monoisotopic (exact) mass is 366 g/mol. The third kappa shape index (κ3) is 3.17. The lowest BCUT2D eigenvalue weighted by atomic mass is 9.46. The highest BCUT2D eigenvalue weighted by atomic mass is 16.5. The minimum atomic E-state index is -0.728. The largest absolute Gasteiger partial charge is 0.481 e. The summed E-state index contributed by atoms with van der Waals surface area (Å²) in [6.45, 7) is 6.13. The van der Waals surface area contributed by atoms with Crippen molar-refractivity contribution in [3.05, 3.63) is 0 Å². The van der Waals surface area contributed by atoms with E-state index in [-0.39, 0.29) is 41.8 Å². The number of aliphatic hydroxyl groups excluding tert-OH is 1. The third-order valence-corrected chi connectivity index (χ3v) is 8.36. The van der Waals surface area contributed by atoms with E-state index in [0.717, 1.165) is 38.5 Å². The number of esters is 1. The summed E-state index contributed by atoms with van der Waals surface area (Å²) in [5, 5.41) is 19.1. The molecule has 0 aromatic heterocycles. The van der Waals surface area contributed by atoms with Gasteiger partial charge in [0, 0.05) is 25.4 Å². The lowest BCUT2D eigenvalue weighted by Gasteiger charge is -2.58. The van der Waals surface area contributed by atoms with Crippen LogP contribution in [0.2, 0.25) is 0 Å². The SMILES string of the molecule is CC(=O)O[C@H]1CC[C@H]2[C@@H]3CC[C@@H](CC(=O)O)[C@@](C)(CCO)[C@H]3CC[C@]12C. The summed E-state index contributed by atoms with van der Waals surface area (Å²) in [4.78, 5) is 22.9. The van der Waals surface area contributed by atoms with E-state index in [1.165, 1.54) is 6.92 Å². The summed E-state index contributed by atoms with van der Waals surface area (Å²) in [5.41, 5.74) is -0.0660. The fourth-order valence-electron chi connectivity index (χ4n) is 7.06. The number of aliphatic carboxylic acids is 1. The van der Waals surface area contributed by atoms with Gasteiger partial charge >= 0.3 is 11.9 Å². The van der Waals surface area contributed by atoms with Crippen molar-refractivity contribution in [2.24, 2.45) is 34.5 Å². The van der Waals surface area contributed by atoms with Gasteiger partial charge in [0.15, 0.2) is 0 Å². The standard InChI is InChI=1S/C21H34O5/c1-13(23)26-18-7-6-16-15-5-4-14(12-19(24)25)20(2,10-11-22)17(15)8-9-21(16,18)3/h14-18,22H,4-12H2,1-3H3,(H,24,25)/t14-,15-,16-,17-,18-,20+,21-/m0/s1. The molecular formula is C21H34O5. The second kappa shape index (κ2) is 7.14. The average Bonchev–Trinajstić information content (AvgIpc) is 2.86. The number of hydrogen-bond acceptors (Lipinski definition) is 4. The Morgan fingerprint density at radius 2 is 1.81 bits per heavy atom. The molecule has 0 heterocycles. The predicted octanol–water partition coefficient (Wildman–Crippen LogP) is 3.63. The van der Waals surface area contributed by atoms with E-state index in [2.05, 4.69) is 13.8 Å². The molecule has 0 aromatic rings. The van der Waals surface area contributed by atoms with Crippen LogP contribution in [-0.4, -0.2) is 34.9 Å². The maximum absolute atomic E-state index is 11.5. The molecule has 0 spiro atoms. The van der Waals surface area contributed by atoms with Gasteiger partial charge < -0.3 is 14.9 Å². The lowest BCUT2D eigenvalue weighted by molar-refractivity contribution is -0.161. The highest BCUT2D eigenvalue weighted by Crippen LogP contribution is 2.65. The zero-order valence-electron chi connectivity index (χ0n) is 16.4. The normalized spacial score (nSPS) is 44.8. The molecule has 26 heavy (non-hydrogen) atoms. The Hall–Kier alpha value is -1.10. The van der Waals surface area contributed by atoms with Crippen molar-refractivity contribution in [3.63, 3.8) is 0 Å². The summed E-state index contributed by atoms with van der Waals surface area (Å²) in [7, 11) is 0. The highest BCUT2D eigenvalue weighted by molar-refractivity contribution is 5.67. The molecule has 2 N–H and O–H groups in total. The maximum atomic E-state index is 11.5. The van der Waals surface area contributed by atoms with Gasteiger partial charge in [-0.2, -0.15) is 0 Å². The molecule has 0 aromatic carbocycles. The fourth-order valence-corrected chi connectivity index (χ4v) is 7.06. The van der Waals surface area contributed by atoms with Crippen LogP contribution in [0.25, 0.3) is 0 Å². The number of carboxylic acid groups (broad SMARTS) is 1. The summed E-state index contributed by atoms with van der Waals surface area (Å²) in [6, 6.07) is 0. The van der Waals surface area contributed by atoms with Gasteiger partial charge in [-0.25, -0.2) is 0 Å². The first-order chi connectivity index (χ1) is 12.2. The van der Waals surface area contributed by atoms with E-state index >= 15 is 0 Å². The second-order valence-corrected chi connectivity index (χ2v) is 9.45. The van der Waals surface area contributed by atoms with E-state index < -0.39 is 5.97 Å². The molecular weight excluding hydrogens is 332 g/mol. The van der Waals surface area contributed by atoms with E-state index in [4.69, 9.17) is 4.74 Å². The first kappa shape index (κ1) is 19.7. The Morgan fingerprint density at radius 1 is 1.08 bits per heavy atom. The Bertz CT molecular complexity index is 561. The predicted molar refractivity (Wildman–Crippen MR) is 97.4 cm³/mol. The highest BCUT2D eigenvalue weighted by Gasteiger charge is 2.60. The van der Waals surface area contributed by atoms with E-state index in [0.29, 0.717) is 24.2 Å². The number of rotatable bonds is 5. The summed E-state index contributed by atoms with van der Waals surface area (Å²) in [5.74, 6) is 0.777. The Morgan fingerprint density at radius 3 is 2.42 bits per heavy atom. The molecule has 3 fully saturated rings. The quantitative estimate of drug-likeness (QED) is 0.726. The molecule has 0 aliphatic heterocycles. The van der Waals surface area contributed by atoms with Gasteiger partial charge in [0.2, 0.25) is 0 Å². The number of aliphatic hydroxyl groups is 1. The molecule has 0 radical (unpaired) electrons. The number of carboxylic acids is 1. The number of fused-ring (bicyclic) bond motifs is 3. The second-order valence-electron chi connectivity index (χ2n) is 9.45. The lowest BCUT2D eigenvalue weighted by Crippen LogP contribution is -2.53. The molecule has 7 atom stereocenters. The van der Waals surface area contributed by atoms with Crippen molar-refractivity contribution in [1.82, 2.24) is 0 Å². The van der Waals surface area contributed by atoms with Gasteiger partial charge in [0.05, 0.1) is 0 Å². The first-order valence-electron chi connectivity index (χ1n) is 10.2. The summed E-state index contributed by atoms with van der Waals surface area (Å²) >= 11 is 0. The molecule has 0 unspecified atom stereocenters. The fraction of sp³-hybridized carbons (Fsp3) is 0.905. The van der Waals surface area contributed by atoms with E-state index in [9.17, 15) is 19.8 Å². The van der Waals surface area contributed by atoms with E-state index in [1.54, 1.807) is 0 Å². The Labute approximate surface area is 156 Å². The van der Waals surface area contributed by atoms with Crippen molar-refractivity contribution in [2.45, 2.75) is 78.2 Å². The molecule has 148 valence electrons. The van der Waals surface area contributed by atoms with Crippen molar-refractivity contribution >= 4 is 11.9 Å². The van der Waals surface area contributed by atoms with Gasteiger partial charge in [0.25, 0.3) is 0 Å². The van der Waals surface area contributed by atoms with Crippen LogP contribution in [0.5, 0.6) is 0 Å². The molecule has 5 nitrogen and oxygen atoms in total. The van der Waals surface area contributed by atoms with Crippen molar-refractivity contribution in [2.75, 3.05) is 6.61 Å². The van der Waals surface area contributed by atoms with Crippen LogP contribution in [0.4, 0.5) is 0 Å². The van der Waals surface area contributed by atoms with Crippen molar-refractivity contribution in [1.29, 1.82) is 0 Å². The molecule has 3 aliphatic carbocycles. The Balaban J connectivity index is 1.85. The Kier molecular flexibility index (Phi) is 5.40. The zero-order chi connectivity index (χ0) is 19.1. The summed E-state index contributed by atoms with van der Waals surface area (Å²) in [6.07, 6.45) is 7.01. The topological polar surface area (TPSA) is 83.8 Å². The van der Waals surface area contributed by atoms with Crippen molar-refractivity contribution in [3.8, 4) is 0 Å². The van der Waals surface area contributed by atoms with Crippen molar-refractivity contribution < 1.29 is 24.5 Å². The molecule has 3 rings (SSSR count). The maximum Gasteiger partial charge on any atom is 0.303 e. The zero-order valence-corrected chi connectivity index (χ0v) is 16.4. The third-order valence-electron chi connectivity index (χ3n) is 8.36. The number of carbonyl (C=O) groups is 2. The molecule has 3 aliphatic rings. The van der Waals surface area contributed by atoms with Gasteiger partial charge in [0.1, 0.15) is 6.10 Å². The van der Waals surface area contributed by atoms with Gasteiger partial charge in [-0.05, 0) is 74.0 Å². The van der Waals surface area contributed by atoms with Gasteiger partial charge in [-0.1, -0.05) is 13.8 Å². The van der Waals surface area contributed by atoms with Crippen LogP contribution in [0.15, 0.2) is 0 Å². The number of hydrogen-bond donors (Lipinski definition) is 2. The number of carbonyl (C=O) groups excluding carboxylic acids is 1. The minimum absolute atomic E-state index is 0.0202. The van der Waals surface area contributed by atoms with Crippen LogP contribution in [0, 0.1) is 34.5 Å². The van der Waals surface area contributed by atoms with Gasteiger partial charge in [-0.3, -0.25) is 9.59 Å². The van der Waals surface area contributed by atoms with E-state index in [1.807, 2.05) is 0 Å². The molecule has 0 bridgehead atoms.